The first-order valence-electron chi connectivity index (χ1n) is 9.88. The molecule has 7 nitrogen and oxygen atoms in total. The zero-order valence-electron chi connectivity index (χ0n) is 16.3. The number of hydrogen-bond acceptors (Lipinski definition) is 6. The van der Waals surface area contributed by atoms with E-state index in [4.69, 9.17) is 4.74 Å². The maximum atomic E-state index is 12.3. The lowest BCUT2D eigenvalue weighted by atomic mass is 9.95. The summed E-state index contributed by atoms with van der Waals surface area (Å²) in [6.07, 6.45) is 9.43. The van der Waals surface area contributed by atoms with E-state index in [0.29, 0.717) is 23.9 Å². The minimum atomic E-state index is -0.365. The van der Waals surface area contributed by atoms with Crippen LogP contribution in [0.4, 0.5) is 5.82 Å². The van der Waals surface area contributed by atoms with Crippen LogP contribution in [-0.2, 0) is 11.8 Å². The molecule has 1 fully saturated rings. The van der Waals surface area contributed by atoms with Crippen LogP contribution in [0.25, 0.3) is 22.2 Å². The predicted octanol–water partition coefficient (Wildman–Crippen LogP) is 3.95. The molecule has 1 aromatic carbocycles. The van der Waals surface area contributed by atoms with Gasteiger partial charge in [-0.2, -0.15) is 5.10 Å². The monoisotopic (exact) mass is 379 g/mol. The molecule has 0 aliphatic heterocycles. The molecule has 2 aromatic heterocycles. The Balaban J connectivity index is 1.73. The van der Waals surface area contributed by atoms with E-state index in [9.17, 15) is 4.79 Å². The van der Waals surface area contributed by atoms with Crippen molar-refractivity contribution in [2.45, 2.75) is 45.1 Å². The predicted molar refractivity (Wildman–Crippen MR) is 108 cm³/mol. The van der Waals surface area contributed by atoms with Gasteiger partial charge in [-0.1, -0.05) is 25.3 Å². The van der Waals surface area contributed by atoms with E-state index in [1.807, 2.05) is 18.2 Å². The normalized spacial score (nSPS) is 14.9. The van der Waals surface area contributed by atoms with E-state index in [0.717, 1.165) is 22.3 Å². The van der Waals surface area contributed by atoms with Crippen LogP contribution in [0.1, 0.15) is 49.4 Å². The second-order valence-electron chi connectivity index (χ2n) is 7.22. The molecular weight excluding hydrogens is 354 g/mol. The summed E-state index contributed by atoms with van der Waals surface area (Å²) in [6.45, 7) is 2.12. The molecule has 0 bridgehead atoms. The van der Waals surface area contributed by atoms with Crippen molar-refractivity contribution < 1.29 is 9.53 Å². The number of aromatic nitrogens is 4. The Kier molecular flexibility index (Phi) is 5.23. The Labute approximate surface area is 164 Å². The molecule has 2 heterocycles. The van der Waals surface area contributed by atoms with Crippen molar-refractivity contribution in [2.24, 2.45) is 7.05 Å². The number of anilines is 1. The number of carbonyl (C=O) groups excluding carboxylic acids is 1. The molecule has 146 valence electrons. The minimum absolute atomic E-state index is 0.328. The first-order valence-corrected chi connectivity index (χ1v) is 9.88. The van der Waals surface area contributed by atoms with Crippen LogP contribution in [0, 0.1) is 0 Å². The summed E-state index contributed by atoms with van der Waals surface area (Å²) in [5.74, 6) is 0.475. The number of aryl methyl sites for hydroxylation is 1. The number of benzene rings is 1. The van der Waals surface area contributed by atoms with Crippen LogP contribution in [0.5, 0.6) is 0 Å². The summed E-state index contributed by atoms with van der Waals surface area (Å²) in [5, 5.41) is 9.02. The number of nitrogens with zero attached hydrogens (tertiary/aromatic N) is 4. The van der Waals surface area contributed by atoms with Crippen LogP contribution in [0.3, 0.4) is 0 Å². The van der Waals surface area contributed by atoms with Crippen LogP contribution < -0.4 is 5.32 Å². The van der Waals surface area contributed by atoms with Crippen molar-refractivity contribution in [3.8, 4) is 11.3 Å². The first-order chi connectivity index (χ1) is 13.7. The molecule has 0 unspecified atom stereocenters. The molecule has 7 heteroatoms. The molecule has 1 N–H and O–H groups in total. The number of ether oxygens (including phenoxy) is 1. The Bertz CT molecular complexity index is 992. The summed E-state index contributed by atoms with van der Waals surface area (Å²) in [5.41, 5.74) is 2.78. The third-order valence-electron chi connectivity index (χ3n) is 5.18. The van der Waals surface area contributed by atoms with Crippen molar-refractivity contribution in [1.82, 2.24) is 19.7 Å². The van der Waals surface area contributed by atoms with Crippen LogP contribution in [0.15, 0.2) is 30.7 Å². The third-order valence-corrected chi connectivity index (χ3v) is 5.18. The van der Waals surface area contributed by atoms with E-state index in [1.165, 1.54) is 32.1 Å². The quantitative estimate of drug-likeness (QED) is 0.676. The largest absolute Gasteiger partial charge is 0.462 e. The minimum Gasteiger partial charge on any atom is -0.462 e. The highest BCUT2D eigenvalue weighted by Gasteiger charge is 2.20. The number of rotatable bonds is 5. The lowest BCUT2D eigenvalue weighted by molar-refractivity contribution is 0.0527. The highest BCUT2D eigenvalue weighted by atomic mass is 16.5. The van der Waals surface area contributed by atoms with E-state index >= 15 is 0 Å². The van der Waals surface area contributed by atoms with E-state index in [-0.39, 0.29) is 5.97 Å². The van der Waals surface area contributed by atoms with Crippen molar-refractivity contribution in [1.29, 1.82) is 0 Å². The number of nitrogens with one attached hydrogen (secondary N) is 1. The van der Waals surface area contributed by atoms with Crippen molar-refractivity contribution in [2.75, 3.05) is 11.9 Å². The summed E-state index contributed by atoms with van der Waals surface area (Å²) < 4.78 is 6.82. The van der Waals surface area contributed by atoms with Gasteiger partial charge in [-0.05, 0) is 31.9 Å². The van der Waals surface area contributed by atoms with E-state index < -0.39 is 0 Å². The molecule has 0 spiro atoms. The standard InChI is InChI=1S/C21H25N5O2/c1-3-28-21(27)17-12-26(2)25-19(17)14-9-10-18-16(11-14)20(23-13-22-18)24-15-7-5-4-6-8-15/h9-13,15H,3-8H2,1-2H3,(H,22,23,24). The van der Waals surface area contributed by atoms with Gasteiger partial charge < -0.3 is 10.1 Å². The fourth-order valence-electron chi connectivity index (χ4n) is 3.82. The fourth-order valence-corrected chi connectivity index (χ4v) is 3.82. The summed E-state index contributed by atoms with van der Waals surface area (Å²) in [4.78, 5) is 21.2. The molecule has 28 heavy (non-hydrogen) atoms. The molecule has 0 radical (unpaired) electrons. The van der Waals surface area contributed by atoms with Gasteiger partial charge >= 0.3 is 5.97 Å². The van der Waals surface area contributed by atoms with E-state index in [1.54, 1.807) is 31.2 Å². The van der Waals surface area contributed by atoms with E-state index in [2.05, 4.69) is 20.4 Å². The van der Waals surface area contributed by atoms with Gasteiger partial charge in [0.05, 0.1) is 12.1 Å². The molecule has 0 saturated heterocycles. The number of esters is 1. The van der Waals surface area contributed by atoms with Crippen LogP contribution in [-0.4, -0.2) is 38.4 Å². The third kappa shape index (κ3) is 3.69. The fraction of sp³-hybridized carbons (Fsp3) is 0.429. The van der Waals surface area contributed by atoms with Gasteiger partial charge in [0, 0.05) is 30.2 Å². The lowest BCUT2D eigenvalue weighted by Gasteiger charge is -2.23. The average Bonchev–Trinajstić information content (AvgIpc) is 3.11. The number of carbonyl (C=O) groups is 1. The van der Waals surface area contributed by atoms with Gasteiger partial charge in [0.15, 0.2) is 0 Å². The topological polar surface area (TPSA) is 81.9 Å². The SMILES string of the molecule is CCOC(=O)c1cn(C)nc1-c1ccc2ncnc(NC3CCCCC3)c2c1. The zero-order chi connectivity index (χ0) is 19.5. The maximum Gasteiger partial charge on any atom is 0.341 e. The second-order valence-corrected chi connectivity index (χ2v) is 7.22. The van der Waals surface area contributed by atoms with Crippen molar-refractivity contribution in [3.05, 3.63) is 36.3 Å². The molecular formula is C21H25N5O2. The Hall–Kier alpha value is -2.96. The molecule has 1 saturated carbocycles. The van der Waals surface area contributed by atoms with Gasteiger partial charge in [0.1, 0.15) is 23.4 Å². The summed E-state index contributed by atoms with van der Waals surface area (Å²) in [7, 11) is 1.80. The molecule has 0 atom stereocenters. The number of fused-ring (bicyclic) bond motifs is 1. The van der Waals surface area contributed by atoms with Gasteiger partial charge in [-0.15, -0.1) is 0 Å². The smallest absolute Gasteiger partial charge is 0.341 e. The van der Waals surface area contributed by atoms with Crippen LogP contribution in [0.2, 0.25) is 0 Å². The zero-order valence-corrected chi connectivity index (χ0v) is 16.3. The van der Waals surface area contributed by atoms with Crippen molar-refractivity contribution >= 4 is 22.7 Å². The summed E-state index contributed by atoms with van der Waals surface area (Å²) >= 11 is 0. The number of hydrogen-bond donors (Lipinski definition) is 1. The molecule has 0 amide bonds. The highest BCUT2D eigenvalue weighted by Crippen LogP contribution is 2.30. The molecule has 4 rings (SSSR count). The maximum absolute atomic E-state index is 12.3. The van der Waals surface area contributed by atoms with Crippen molar-refractivity contribution in [3.63, 3.8) is 0 Å². The molecule has 1 aliphatic rings. The Morgan fingerprint density at radius 2 is 2.07 bits per heavy atom. The van der Waals surface area contributed by atoms with Crippen LogP contribution >= 0.6 is 0 Å². The van der Waals surface area contributed by atoms with Gasteiger partial charge in [-0.3, -0.25) is 4.68 Å². The molecule has 1 aliphatic carbocycles. The Morgan fingerprint density at radius 3 is 2.86 bits per heavy atom. The average molecular weight is 379 g/mol. The second kappa shape index (κ2) is 7.96. The molecule has 3 aromatic rings. The first kappa shape index (κ1) is 18.4. The van der Waals surface area contributed by atoms with Gasteiger partial charge in [-0.25, -0.2) is 14.8 Å². The lowest BCUT2D eigenvalue weighted by Crippen LogP contribution is -2.23. The Morgan fingerprint density at radius 1 is 1.25 bits per heavy atom. The highest BCUT2D eigenvalue weighted by molar-refractivity contribution is 5.98. The summed E-state index contributed by atoms with van der Waals surface area (Å²) in [6, 6.07) is 6.33. The van der Waals surface area contributed by atoms with Gasteiger partial charge in [0.2, 0.25) is 0 Å². The van der Waals surface area contributed by atoms with Gasteiger partial charge in [0.25, 0.3) is 0 Å².